The Bertz CT molecular complexity index is 72.1. The molecule has 0 saturated heterocycles. The van der Waals surface area contributed by atoms with Crippen LogP contribution < -0.4 is 0 Å². The fourth-order valence-electron chi connectivity index (χ4n) is 0.637. The Hall–Kier alpha value is -0.260. The third-order valence-corrected chi connectivity index (χ3v) is 1.76. The van der Waals surface area contributed by atoms with Crippen LogP contribution in [-0.2, 0) is 0 Å². The van der Waals surface area contributed by atoms with Crippen molar-refractivity contribution in [3.63, 3.8) is 0 Å². The Balaban J connectivity index is 3.46. The summed E-state index contributed by atoms with van der Waals surface area (Å²) in [5.41, 5.74) is 1.38. The minimum Gasteiger partial charge on any atom is -0.0996 e. The molecule has 0 fully saturated rings. The summed E-state index contributed by atoms with van der Waals surface area (Å²) in [6.07, 6.45) is 2.36. The van der Waals surface area contributed by atoms with Gasteiger partial charge in [-0.1, -0.05) is 32.9 Å². The van der Waals surface area contributed by atoms with E-state index in [1.165, 1.54) is 12.0 Å². The van der Waals surface area contributed by atoms with Gasteiger partial charge in [-0.15, -0.1) is 0 Å². The van der Waals surface area contributed by atoms with Crippen LogP contribution in [0.1, 0.15) is 33.6 Å². The van der Waals surface area contributed by atoms with Gasteiger partial charge in [-0.3, -0.25) is 0 Å². The fourth-order valence-corrected chi connectivity index (χ4v) is 0.637. The van der Waals surface area contributed by atoms with Crippen molar-refractivity contribution in [2.75, 3.05) is 0 Å². The summed E-state index contributed by atoms with van der Waals surface area (Å²) in [5.74, 6) is 0.722. The summed E-state index contributed by atoms with van der Waals surface area (Å²) in [4.78, 5) is 0. The molecule has 0 heteroatoms. The second kappa shape index (κ2) is 3.71. The van der Waals surface area contributed by atoms with Gasteiger partial charge in [-0.2, -0.15) is 0 Å². The third-order valence-electron chi connectivity index (χ3n) is 1.76. The number of hydrogen-bond donors (Lipinski definition) is 0. The van der Waals surface area contributed by atoms with Crippen LogP contribution in [0.2, 0.25) is 0 Å². The first-order valence-electron chi connectivity index (χ1n) is 3.40. The van der Waals surface area contributed by atoms with Gasteiger partial charge in [0, 0.05) is 0 Å². The summed E-state index contributed by atoms with van der Waals surface area (Å²) in [6, 6.07) is 0. The fraction of sp³-hybridized carbons (Fsp3) is 0.750. The molecule has 0 rings (SSSR count). The summed E-state index contributed by atoms with van der Waals surface area (Å²) < 4.78 is 0. The Morgan fingerprint density at radius 3 is 2.12 bits per heavy atom. The predicted molar refractivity (Wildman–Crippen MR) is 38.9 cm³/mol. The lowest BCUT2D eigenvalue weighted by Gasteiger charge is -2.08. The molecule has 0 aromatic heterocycles. The standard InChI is InChI=1S/C8H16/c1-5-7(3)8(4)6-2/h8H,3,5-6H2,1-2,4H3/t8-/m1/s1. The average molecular weight is 112 g/mol. The van der Waals surface area contributed by atoms with Crippen molar-refractivity contribution >= 4 is 0 Å². The van der Waals surface area contributed by atoms with Crippen LogP contribution >= 0.6 is 0 Å². The highest BCUT2D eigenvalue weighted by molar-refractivity contribution is 4.96. The smallest absolute Gasteiger partial charge is 0.0237 e. The molecule has 0 aliphatic carbocycles. The minimum atomic E-state index is 0.722. The van der Waals surface area contributed by atoms with E-state index in [4.69, 9.17) is 0 Å². The van der Waals surface area contributed by atoms with Gasteiger partial charge in [0.2, 0.25) is 0 Å². The molecule has 0 saturated carbocycles. The van der Waals surface area contributed by atoms with Crippen molar-refractivity contribution in [3.8, 4) is 0 Å². The molecule has 0 heterocycles. The molecular weight excluding hydrogens is 96.1 g/mol. The molecule has 0 nitrogen and oxygen atoms in total. The largest absolute Gasteiger partial charge is 0.0996 e. The van der Waals surface area contributed by atoms with Gasteiger partial charge in [-0.25, -0.2) is 0 Å². The Kier molecular flexibility index (Phi) is 3.59. The molecule has 0 aliphatic rings. The number of hydrogen-bond acceptors (Lipinski definition) is 0. The molecule has 0 radical (unpaired) electrons. The quantitative estimate of drug-likeness (QED) is 0.492. The normalized spacial score (nSPS) is 13.4. The van der Waals surface area contributed by atoms with E-state index < -0.39 is 0 Å². The lowest BCUT2D eigenvalue weighted by Crippen LogP contribution is -1.93. The SMILES string of the molecule is C=C(CC)[C@H](C)CC. The molecule has 0 spiro atoms. The van der Waals surface area contributed by atoms with Crippen LogP contribution in [0, 0.1) is 5.92 Å². The molecule has 8 heavy (non-hydrogen) atoms. The lowest BCUT2D eigenvalue weighted by molar-refractivity contribution is 0.636. The van der Waals surface area contributed by atoms with Crippen LogP contribution in [0.3, 0.4) is 0 Å². The molecule has 0 aromatic carbocycles. The number of rotatable bonds is 3. The van der Waals surface area contributed by atoms with E-state index in [1.54, 1.807) is 0 Å². The van der Waals surface area contributed by atoms with Crippen LogP contribution in [0.5, 0.6) is 0 Å². The molecule has 48 valence electrons. The summed E-state index contributed by atoms with van der Waals surface area (Å²) in [6.45, 7) is 10.5. The molecule has 0 N–H and O–H groups in total. The highest BCUT2D eigenvalue weighted by atomic mass is 14.0. The maximum atomic E-state index is 3.94. The van der Waals surface area contributed by atoms with E-state index in [2.05, 4.69) is 27.4 Å². The molecule has 0 bridgehead atoms. The first kappa shape index (κ1) is 7.74. The van der Waals surface area contributed by atoms with Crippen molar-refractivity contribution < 1.29 is 0 Å². The maximum absolute atomic E-state index is 3.94. The van der Waals surface area contributed by atoms with Crippen molar-refractivity contribution in [3.05, 3.63) is 12.2 Å². The van der Waals surface area contributed by atoms with E-state index >= 15 is 0 Å². The maximum Gasteiger partial charge on any atom is -0.0237 e. The monoisotopic (exact) mass is 112 g/mol. The van der Waals surface area contributed by atoms with Gasteiger partial charge in [0.25, 0.3) is 0 Å². The zero-order valence-corrected chi connectivity index (χ0v) is 6.20. The molecule has 0 amide bonds. The first-order chi connectivity index (χ1) is 3.72. The van der Waals surface area contributed by atoms with Crippen molar-refractivity contribution in [2.24, 2.45) is 5.92 Å². The highest BCUT2D eigenvalue weighted by Gasteiger charge is 1.98. The Labute approximate surface area is 52.6 Å². The zero-order chi connectivity index (χ0) is 6.57. The van der Waals surface area contributed by atoms with Crippen LogP contribution in [-0.4, -0.2) is 0 Å². The van der Waals surface area contributed by atoms with E-state index in [0.29, 0.717) is 0 Å². The predicted octanol–water partition coefficient (Wildman–Crippen LogP) is 3.00. The van der Waals surface area contributed by atoms with Crippen molar-refractivity contribution in [2.45, 2.75) is 33.6 Å². The first-order valence-corrected chi connectivity index (χ1v) is 3.40. The summed E-state index contributed by atoms with van der Waals surface area (Å²) in [7, 11) is 0. The highest BCUT2D eigenvalue weighted by Crippen LogP contribution is 2.13. The summed E-state index contributed by atoms with van der Waals surface area (Å²) >= 11 is 0. The zero-order valence-electron chi connectivity index (χ0n) is 6.20. The molecule has 0 aliphatic heterocycles. The van der Waals surface area contributed by atoms with Gasteiger partial charge in [0.05, 0.1) is 0 Å². The summed E-state index contributed by atoms with van der Waals surface area (Å²) in [5, 5.41) is 0. The number of allylic oxidation sites excluding steroid dienone is 1. The van der Waals surface area contributed by atoms with Gasteiger partial charge in [0.1, 0.15) is 0 Å². The molecule has 0 aromatic rings. The second-order valence-corrected chi connectivity index (χ2v) is 2.32. The third kappa shape index (κ3) is 2.15. The van der Waals surface area contributed by atoms with E-state index in [0.717, 1.165) is 12.3 Å². The average Bonchev–Trinajstić information content (AvgIpc) is 1.84. The topological polar surface area (TPSA) is 0 Å². The minimum absolute atomic E-state index is 0.722. The lowest BCUT2D eigenvalue weighted by atomic mass is 9.98. The molecule has 0 unspecified atom stereocenters. The Morgan fingerprint density at radius 2 is 2.00 bits per heavy atom. The molecule has 1 atom stereocenters. The van der Waals surface area contributed by atoms with Gasteiger partial charge < -0.3 is 0 Å². The second-order valence-electron chi connectivity index (χ2n) is 2.32. The van der Waals surface area contributed by atoms with Crippen LogP contribution in [0.15, 0.2) is 12.2 Å². The van der Waals surface area contributed by atoms with Crippen molar-refractivity contribution in [1.82, 2.24) is 0 Å². The van der Waals surface area contributed by atoms with E-state index in [9.17, 15) is 0 Å². The van der Waals surface area contributed by atoms with Crippen LogP contribution in [0.4, 0.5) is 0 Å². The van der Waals surface area contributed by atoms with Gasteiger partial charge in [-0.05, 0) is 18.8 Å². The van der Waals surface area contributed by atoms with E-state index in [1.807, 2.05) is 0 Å². The van der Waals surface area contributed by atoms with E-state index in [-0.39, 0.29) is 0 Å². The van der Waals surface area contributed by atoms with Gasteiger partial charge in [0.15, 0.2) is 0 Å². The van der Waals surface area contributed by atoms with Crippen LogP contribution in [0.25, 0.3) is 0 Å². The Morgan fingerprint density at radius 1 is 1.50 bits per heavy atom. The molecular formula is C8H16. The van der Waals surface area contributed by atoms with Crippen molar-refractivity contribution in [1.29, 1.82) is 0 Å². The van der Waals surface area contributed by atoms with Gasteiger partial charge >= 0.3 is 0 Å².